The van der Waals surface area contributed by atoms with Crippen molar-refractivity contribution < 1.29 is 13.6 Å². The maximum atomic E-state index is 13.5. The summed E-state index contributed by atoms with van der Waals surface area (Å²) in [5, 5.41) is 12.5. The Morgan fingerprint density at radius 3 is 2.78 bits per heavy atom. The molecule has 1 aliphatic heterocycles. The minimum absolute atomic E-state index is 0. The van der Waals surface area contributed by atoms with Gasteiger partial charge in [0.05, 0.1) is 0 Å². The van der Waals surface area contributed by atoms with Crippen LogP contribution in [0, 0.1) is 11.6 Å². The van der Waals surface area contributed by atoms with Gasteiger partial charge in [0.15, 0.2) is 11.6 Å². The number of nitrogens with one attached hydrogen (secondary N) is 3. The molecule has 23 heavy (non-hydrogen) atoms. The molecule has 1 aliphatic rings. The number of hydrogen-bond acceptors (Lipinski definition) is 3. The smallest absolute Gasteiger partial charge is 0.269 e. The number of rotatable bonds is 3. The molecule has 1 fully saturated rings. The lowest BCUT2D eigenvalue weighted by Crippen LogP contribution is -2.50. The van der Waals surface area contributed by atoms with Crippen LogP contribution >= 0.6 is 12.4 Å². The molecule has 5 nitrogen and oxygen atoms in total. The van der Waals surface area contributed by atoms with Crippen LogP contribution in [-0.2, 0) is 0 Å². The standard InChI is InChI=1S/C15H16F2N4O.ClH/c16-11-2-1-9(7-12(11)17)10-3-5-18-8-14(10)20-15(22)13-4-6-19-21-13;/h1-2,4,6-7,10,14,18H,3,5,8H2,(H,19,21)(H,20,22);1H. The van der Waals surface area contributed by atoms with Crippen molar-refractivity contribution in [3.05, 3.63) is 53.4 Å². The summed E-state index contributed by atoms with van der Waals surface area (Å²) in [5.74, 6) is -2.06. The summed E-state index contributed by atoms with van der Waals surface area (Å²) in [6.07, 6.45) is 2.24. The summed E-state index contributed by atoms with van der Waals surface area (Å²) in [6.45, 7) is 1.34. The van der Waals surface area contributed by atoms with Gasteiger partial charge in [-0.05, 0) is 36.7 Å². The number of carbonyl (C=O) groups is 1. The molecule has 1 saturated heterocycles. The summed E-state index contributed by atoms with van der Waals surface area (Å²) in [7, 11) is 0. The molecule has 124 valence electrons. The van der Waals surface area contributed by atoms with Crippen LogP contribution in [0.2, 0.25) is 0 Å². The van der Waals surface area contributed by atoms with Gasteiger partial charge in [-0.1, -0.05) is 6.07 Å². The van der Waals surface area contributed by atoms with E-state index in [1.807, 2.05) is 0 Å². The average molecular weight is 343 g/mol. The largest absolute Gasteiger partial charge is 0.346 e. The molecule has 8 heteroatoms. The van der Waals surface area contributed by atoms with E-state index in [0.29, 0.717) is 17.8 Å². The summed E-state index contributed by atoms with van der Waals surface area (Å²) in [5.41, 5.74) is 1.06. The van der Waals surface area contributed by atoms with Crippen molar-refractivity contribution in [3.8, 4) is 0 Å². The van der Waals surface area contributed by atoms with Crippen LogP contribution in [0.4, 0.5) is 8.78 Å². The molecule has 1 aromatic heterocycles. The Morgan fingerprint density at radius 2 is 2.09 bits per heavy atom. The van der Waals surface area contributed by atoms with Gasteiger partial charge in [0.2, 0.25) is 0 Å². The van der Waals surface area contributed by atoms with Crippen LogP contribution < -0.4 is 10.6 Å². The molecule has 3 N–H and O–H groups in total. The van der Waals surface area contributed by atoms with E-state index in [9.17, 15) is 13.6 Å². The molecule has 0 bridgehead atoms. The van der Waals surface area contributed by atoms with Crippen molar-refractivity contribution in [1.29, 1.82) is 0 Å². The fourth-order valence-electron chi connectivity index (χ4n) is 2.78. The maximum Gasteiger partial charge on any atom is 0.269 e. The van der Waals surface area contributed by atoms with Crippen molar-refractivity contribution in [2.24, 2.45) is 0 Å². The van der Waals surface area contributed by atoms with Gasteiger partial charge < -0.3 is 10.6 Å². The summed E-state index contributed by atoms with van der Waals surface area (Å²) in [4.78, 5) is 12.1. The van der Waals surface area contributed by atoms with Gasteiger partial charge in [0.1, 0.15) is 5.69 Å². The van der Waals surface area contributed by atoms with E-state index in [4.69, 9.17) is 0 Å². The van der Waals surface area contributed by atoms with E-state index in [1.54, 1.807) is 12.1 Å². The molecule has 1 amide bonds. The minimum atomic E-state index is -0.866. The average Bonchev–Trinajstić information content (AvgIpc) is 3.05. The van der Waals surface area contributed by atoms with Crippen LogP contribution in [-0.4, -0.2) is 35.2 Å². The number of aromatic amines is 1. The monoisotopic (exact) mass is 342 g/mol. The molecule has 0 aliphatic carbocycles. The Labute approximate surface area is 138 Å². The van der Waals surface area contributed by atoms with Gasteiger partial charge in [-0.2, -0.15) is 5.10 Å². The van der Waals surface area contributed by atoms with Crippen LogP contribution in [0.25, 0.3) is 0 Å². The fraction of sp³-hybridized carbons (Fsp3) is 0.333. The lowest BCUT2D eigenvalue weighted by Gasteiger charge is -2.33. The van der Waals surface area contributed by atoms with Crippen molar-refractivity contribution in [1.82, 2.24) is 20.8 Å². The Bertz CT molecular complexity index is 666. The van der Waals surface area contributed by atoms with E-state index < -0.39 is 11.6 Å². The normalized spacial score (nSPS) is 20.6. The zero-order valence-corrected chi connectivity index (χ0v) is 13.0. The lowest BCUT2D eigenvalue weighted by molar-refractivity contribution is 0.0919. The fourth-order valence-corrected chi connectivity index (χ4v) is 2.78. The molecule has 2 aromatic rings. The zero-order chi connectivity index (χ0) is 15.5. The van der Waals surface area contributed by atoms with Gasteiger partial charge in [-0.3, -0.25) is 9.89 Å². The second kappa shape index (κ2) is 7.52. The number of piperidine rings is 1. The minimum Gasteiger partial charge on any atom is -0.346 e. The highest BCUT2D eigenvalue weighted by molar-refractivity contribution is 5.92. The molecule has 0 saturated carbocycles. The van der Waals surface area contributed by atoms with E-state index >= 15 is 0 Å². The number of aromatic nitrogens is 2. The van der Waals surface area contributed by atoms with Crippen molar-refractivity contribution in [2.45, 2.75) is 18.4 Å². The lowest BCUT2D eigenvalue weighted by atomic mass is 9.86. The van der Waals surface area contributed by atoms with Crippen molar-refractivity contribution in [2.75, 3.05) is 13.1 Å². The Kier molecular flexibility index (Phi) is 5.68. The number of carbonyl (C=O) groups excluding carboxylic acids is 1. The highest BCUT2D eigenvalue weighted by atomic mass is 35.5. The van der Waals surface area contributed by atoms with Gasteiger partial charge in [0, 0.05) is 24.7 Å². The second-order valence-electron chi connectivity index (χ2n) is 5.32. The Balaban J connectivity index is 0.00000192. The number of amides is 1. The number of benzene rings is 1. The van der Waals surface area contributed by atoms with Gasteiger partial charge >= 0.3 is 0 Å². The molecule has 2 atom stereocenters. The molecule has 3 rings (SSSR count). The molecular formula is C15H17ClF2N4O. The van der Waals surface area contributed by atoms with E-state index in [1.165, 1.54) is 12.3 Å². The Hall–Kier alpha value is -1.99. The number of nitrogens with zero attached hydrogens (tertiary/aromatic N) is 1. The number of hydrogen-bond donors (Lipinski definition) is 3. The van der Waals surface area contributed by atoms with E-state index in [-0.39, 0.29) is 30.3 Å². The van der Waals surface area contributed by atoms with Crippen LogP contribution in [0.15, 0.2) is 30.5 Å². The molecule has 0 radical (unpaired) electrons. The van der Waals surface area contributed by atoms with E-state index in [0.717, 1.165) is 19.0 Å². The summed E-state index contributed by atoms with van der Waals surface area (Å²) >= 11 is 0. The van der Waals surface area contributed by atoms with Gasteiger partial charge in [0.25, 0.3) is 5.91 Å². The number of H-pyrrole nitrogens is 1. The van der Waals surface area contributed by atoms with Crippen LogP contribution in [0.5, 0.6) is 0 Å². The van der Waals surface area contributed by atoms with Crippen molar-refractivity contribution >= 4 is 18.3 Å². The topological polar surface area (TPSA) is 69.8 Å². The summed E-state index contributed by atoms with van der Waals surface area (Å²) in [6, 6.07) is 5.29. The Morgan fingerprint density at radius 1 is 1.26 bits per heavy atom. The first-order valence-corrected chi connectivity index (χ1v) is 7.11. The van der Waals surface area contributed by atoms with Crippen LogP contribution in [0.1, 0.15) is 28.4 Å². The predicted octanol–water partition coefficient (Wildman–Crippen LogP) is 1.99. The zero-order valence-electron chi connectivity index (χ0n) is 12.2. The van der Waals surface area contributed by atoms with Gasteiger partial charge in [-0.15, -0.1) is 12.4 Å². The second-order valence-corrected chi connectivity index (χ2v) is 5.32. The highest BCUT2D eigenvalue weighted by Crippen LogP contribution is 2.27. The molecule has 0 spiro atoms. The molecular weight excluding hydrogens is 326 g/mol. The first-order chi connectivity index (χ1) is 10.6. The first-order valence-electron chi connectivity index (χ1n) is 7.11. The van der Waals surface area contributed by atoms with Crippen molar-refractivity contribution in [3.63, 3.8) is 0 Å². The predicted molar refractivity (Wildman–Crippen MR) is 83.7 cm³/mol. The quantitative estimate of drug-likeness (QED) is 0.799. The van der Waals surface area contributed by atoms with Crippen LogP contribution in [0.3, 0.4) is 0 Å². The first kappa shape index (κ1) is 17.4. The molecule has 2 heterocycles. The maximum absolute atomic E-state index is 13.5. The van der Waals surface area contributed by atoms with Gasteiger partial charge in [-0.25, -0.2) is 8.78 Å². The third-order valence-corrected chi connectivity index (χ3v) is 3.92. The van der Waals surface area contributed by atoms with E-state index in [2.05, 4.69) is 20.8 Å². The summed E-state index contributed by atoms with van der Waals surface area (Å²) < 4.78 is 26.5. The molecule has 2 unspecified atom stereocenters. The third-order valence-electron chi connectivity index (χ3n) is 3.92. The number of halogens is 3. The third kappa shape index (κ3) is 3.86. The SMILES string of the molecule is Cl.O=C(NC1CNCCC1c1ccc(F)c(F)c1)c1ccn[nH]1. The molecule has 1 aromatic carbocycles. The highest BCUT2D eigenvalue weighted by Gasteiger charge is 2.28.